The lowest BCUT2D eigenvalue weighted by atomic mass is 10.0. The maximum Gasteiger partial charge on any atom is 0.0947 e. The number of likely N-dealkylation sites (N-methyl/N-ethyl adjacent to an activating group) is 1. The summed E-state index contributed by atoms with van der Waals surface area (Å²) in [6.07, 6.45) is 0.906. The highest BCUT2D eigenvalue weighted by atomic mass is 127. The second kappa shape index (κ2) is 7.02. The van der Waals surface area contributed by atoms with Gasteiger partial charge in [0, 0.05) is 27.1 Å². The fourth-order valence-corrected chi connectivity index (χ4v) is 3.30. The number of rotatable bonds is 5. The van der Waals surface area contributed by atoms with Gasteiger partial charge >= 0.3 is 0 Å². The Hall–Kier alpha value is -0.170. The average Bonchev–Trinajstić information content (AvgIpc) is 2.78. The molecule has 1 atom stereocenters. The predicted molar refractivity (Wildman–Crippen MR) is 91.1 cm³/mol. The number of nitrogens with one attached hydrogen (secondary N) is 1. The molecule has 1 heterocycles. The number of aromatic nitrogens is 1. The van der Waals surface area contributed by atoms with Crippen molar-refractivity contribution in [3.8, 4) is 0 Å². The van der Waals surface area contributed by atoms with Gasteiger partial charge in [-0.3, -0.25) is 0 Å². The Morgan fingerprint density at radius 3 is 2.84 bits per heavy atom. The summed E-state index contributed by atoms with van der Waals surface area (Å²) >= 11 is 10.2. The van der Waals surface area contributed by atoms with Crippen LogP contribution < -0.4 is 5.32 Å². The molecule has 0 radical (unpaired) electrons. The van der Waals surface area contributed by atoms with E-state index in [2.05, 4.69) is 63.4 Å². The van der Waals surface area contributed by atoms with Crippen molar-refractivity contribution >= 4 is 45.5 Å². The largest absolute Gasteiger partial charge is 0.310 e. The third kappa shape index (κ3) is 4.15. The lowest BCUT2D eigenvalue weighted by Gasteiger charge is -2.17. The molecule has 1 aromatic carbocycles. The normalized spacial score (nSPS) is 12.6. The number of halogens is 2. The molecule has 0 saturated carbocycles. The van der Waals surface area contributed by atoms with Crippen molar-refractivity contribution in [1.82, 2.24) is 10.3 Å². The van der Waals surface area contributed by atoms with E-state index in [9.17, 15) is 0 Å². The van der Waals surface area contributed by atoms with Crippen LogP contribution in [0.25, 0.3) is 0 Å². The summed E-state index contributed by atoms with van der Waals surface area (Å²) in [5, 5.41) is 7.59. The van der Waals surface area contributed by atoms with Crippen molar-refractivity contribution in [3.05, 3.63) is 48.4 Å². The van der Waals surface area contributed by atoms with Crippen LogP contribution in [0.5, 0.6) is 0 Å². The van der Waals surface area contributed by atoms with Crippen LogP contribution in [0.2, 0.25) is 5.02 Å². The molecule has 0 spiro atoms. The Morgan fingerprint density at radius 1 is 1.47 bits per heavy atom. The predicted octanol–water partition coefficient (Wildman–Crippen LogP) is 4.60. The van der Waals surface area contributed by atoms with Crippen LogP contribution in [0.1, 0.15) is 29.2 Å². The number of hydrogen-bond donors (Lipinski definition) is 1. The number of nitrogens with zero attached hydrogens (tertiary/aromatic N) is 1. The molecule has 0 aliphatic carbocycles. The van der Waals surface area contributed by atoms with Gasteiger partial charge in [0.1, 0.15) is 0 Å². The van der Waals surface area contributed by atoms with Crippen LogP contribution in [0.3, 0.4) is 0 Å². The number of hydrogen-bond acceptors (Lipinski definition) is 3. The van der Waals surface area contributed by atoms with E-state index < -0.39 is 0 Å². The zero-order valence-electron chi connectivity index (χ0n) is 10.9. The van der Waals surface area contributed by atoms with Crippen molar-refractivity contribution < 1.29 is 0 Å². The van der Waals surface area contributed by atoms with Gasteiger partial charge in [-0.15, -0.1) is 11.3 Å². The average molecular weight is 407 g/mol. The molecule has 2 aromatic rings. The third-order valence-electron chi connectivity index (χ3n) is 2.84. The highest BCUT2D eigenvalue weighted by Gasteiger charge is 2.14. The van der Waals surface area contributed by atoms with E-state index in [1.165, 1.54) is 5.56 Å². The standard InChI is InChI=1S/C14H16ClIN2S/c1-3-17-13(7-14-18-9(2)8-19-14)10-4-5-12(16)11(15)6-10/h4-6,8,13,17H,3,7H2,1-2H3. The van der Waals surface area contributed by atoms with Crippen LogP contribution in [-0.2, 0) is 6.42 Å². The molecule has 0 bridgehead atoms. The second-order valence-corrected chi connectivity index (χ2v) is 6.88. The number of benzene rings is 1. The van der Waals surface area contributed by atoms with Crippen LogP contribution in [-0.4, -0.2) is 11.5 Å². The first-order chi connectivity index (χ1) is 9.10. The van der Waals surface area contributed by atoms with Crippen LogP contribution in [0, 0.1) is 10.5 Å². The lowest BCUT2D eigenvalue weighted by molar-refractivity contribution is 0.548. The molecule has 0 aliphatic rings. The van der Waals surface area contributed by atoms with Gasteiger partial charge in [-0.2, -0.15) is 0 Å². The SMILES string of the molecule is CCNC(Cc1nc(C)cs1)c1ccc(I)c(Cl)c1. The summed E-state index contributed by atoms with van der Waals surface area (Å²) in [4.78, 5) is 4.54. The first-order valence-corrected chi connectivity index (χ1v) is 8.53. The summed E-state index contributed by atoms with van der Waals surface area (Å²) in [6.45, 7) is 5.08. The smallest absolute Gasteiger partial charge is 0.0947 e. The summed E-state index contributed by atoms with van der Waals surface area (Å²) in [5.41, 5.74) is 2.32. The Bertz CT molecular complexity index is 556. The zero-order chi connectivity index (χ0) is 13.8. The van der Waals surface area contributed by atoms with E-state index in [0.717, 1.165) is 32.3 Å². The Labute approximate surface area is 136 Å². The van der Waals surface area contributed by atoms with Crippen molar-refractivity contribution in [3.63, 3.8) is 0 Å². The summed E-state index contributed by atoms with van der Waals surface area (Å²) in [5.74, 6) is 0. The molecular weight excluding hydrogens is 391 g/mol. The summed E-state index contributed by atoms with van der Waals surface area (Å²) in [6, 6.07) is 6.53. The Morgan fingerprint density at radius 2 is 2.26 bits per heavy atom. The fraction of sp³-hybridized carbons (Fsp3) is 0.357. The third-order valence-corrected chi connectivity index (χ3v) is 5.40. The molecule has 102 valence electrons. The molecule has 2 rings (SSSR count). The van der Waals surface area contributed by atoms with Gasteiger partial charge in [-0.1, -0.05) is 24.6 Å². The van der Waals surface area contributed by atoms with E-state index in [-0.39, 0.29) is 6.04 Å². The number of thiazole rings is 1. The highest BCUT2D eigenvalue weighted by molar-refractivity contribution is 14.1. The monoisotopic (exact) mass is 406 g/mol. The molecule has 0 amide bonds. The molecule has 1 aromatic heterocycles. The molecular formula is C14H16ClIN2S. The minimum absolute atomic E-state index is 0.269. The Balaban J connectivity index is 2.21. The fourth-order valence-electron chi connectivity index (χ4n) is 1.95. The van der Waals surface area contributed by atoms with Gasteiger partial charge in [0.2, 0.25) is 0 Å². The van der Waals surface area contributed by atoms with E-state index >= 15 is 0 Å². The molecule has 2 nitrogen and oxygen atoms in total. The second-order valence-electron chi connectivity index (χ2n) is 4.37. The van der Waals surface area contributed by atoms with E-state index in [1.54, 1.807) is 11.3 Å². The van der Waals surface area contributed by atoms with Crippen LogP contribution in [0.15, 0.2) is 23.6 Å². The number of aryl methyl sites for hydroxylation is 1. The summed E-state index contributed by atoms with van der Waals surface area (Å²) in [7, 11) is 0. The van der Waals surface area contributed by atoms with E-state index in [1.807, 2.05) is 6.92 Å². The molecule has 0 aliphatic heterocycles. The van der Waals surface area contributed by atoms with Crippen molar-refractivity contribution in [2.45, 2.75) is 26.3 Å². The van der Waals surface area contributed by atoms with E-state index in [0.29, 0.717) is 0 Å². The maximum absolute atomic E-state index is 6.22. The lowest BCUT2D eigenvalue weighted by Crippen LogP contribution is -2.23. The van der Waals surface area contributed by atoms with Gasteiger partial charge in [0.25, 0.3) is 0 Å². The minimum Gasteiger partial charge on any atom is -0.310 e. The van der Waals surface area contributed by atoms with Crippen LogP contribution in [0.4, 0.5) is 0 Å². The molecule has 1 unspecified atom stereocenters. The van der Waals surface area contributed by atoms with Crippen molar-refractivity contribution in [2.75, 3.05) is 6.54 Å². The maximum atomic E-state index is 6.22. The van der Waals surface area contributed by atoms with Crippen molar-refractivity contribution in [2.24, 2.45) is 0 Å². The van der Waals surface area contributed by atoms with Gasteiger partial charge in [-0.05, 0) is 53.8 Å². The van der Waals surface area contributed by atoms with E-state index in [4.69, 9.17) is 11.6 Å². The van der Waals surface area contributed by atoms with Gasteiger partial charge in [0.05, 0.1) is 10.0 Å². The first kappa shape index (κ1) is 15.2. The van der Waals surface area contributed by atoms with Gasteiger partial charge in [0.15, 0.2) is 0 Å². The van der Waals surface area contributed by atoms with Crippen molar-refractivity contribution in [1.29, 1.82) is 0 Å². The van der Waals surface area contributed by atoms with Gasteiger partial charge < -0.3 is 5.32 Å². The highest BCUT2D eigenvalue weighted by Crippen LogP contribution is 2.26. The summed E-state index contributed by atoms with van der Waals surface area (Å²) < 4.78 is 1.09. The van der Waals surface area contributed by atoms with Crippen LogP contribution >= 0.6 is 45.5 Å². The molecule has 19 heavy (non-hydrogen) atoms. The quantitative estimate of drug-likeness (QED) is 0.734. The molecule has 1 N–H and O–H groups in total. The molecule has 0 saturated heterocycles. The Kier molecular flexibility index (Phi) is 5.62. The topological polar surface area (TPSA) is 24.9 Å². The minimum atomic E-state index is 0.269. The van der Waals surface area contributed by atoms with Gasteiger partial charge in [-0.25, -0.2) is 4.98 Å². The molecule has 0 fully saturated rings. The first-order valence-electron chi connectivity index (χ1n) is 6.19. The zero-order valence-corrected chi connectivity index (χ0v) is 14.6. The molecule has 5 heteroatoms.